The Kier molecular flexibility index (Phi) is 27.4. The standard InChI is InChI=1S/C44H67NO12S.Na.H/c1-2-3-4-5-6-7-8-9-13-22-29-36(54-38(47)30-23-14-11-10-12-17-24-34-25-18-15-19-26-34)43(49)45-40-42(56-39(48)32-31-35-27-20-16-21-28-35)41(57-58(51,52)53)37(33-46)55-44(40)50;;/h15-16,18-21,25-28,36-37,40-42,44,46,50H,2-14,17,22-24,29-33H2,1H3,(H,45,49)(H,51,52,53);;/t36?,37-,40-,41-,42-,44?;;/m1../s1. The molecular weight excluding hydrogens is 790 g/mol. The second kappa shape index (κ2) is 30.6. The Hall–Kier alpha value is -2.40. The first-order chi connectivity index (χ1) is 28.0. The van der Waals surface area contributed by atoms with Crippen LogP contribution in [0.1, 0.15) is 140 Å². The zero-order valence-electron chi connectivity index (χ0n) is 34.2. The summed E-state index contributed by atoms with van der Waals surface area (Å²) in [6.45, 7) is 1.30. The molecule has 6 atom stereocenters. The molecule has 0 saturated carbocycles. The van der Waals surface area contributed by atoms with E-state index in [2.05, 4.69) is 24.4 Å². The number of carbonyl (C=O) groups excluding carboxylic acids is 3. The molecule has 1 saturated heterocycles. The molecule has 1 amide bonds. The zero-order valence-corrected chi connectivity index (χ0v) is 35.0. The Balaban J connectivity index is 0.0000120. The molecule has 1 fully saturated rings. The van der Waals surface area contributed by atoms with Crippen molar-refractivity contribution in [2.75, 3.05) is 6.61 Å². The van der Waals surface area contributed by atoms with Crippen molar-refractivity contribution in [2.24, 2.45) is 0 Å². The molecule has 1 aliphatic heterocycles. The third-order valence-corrected chi connectivity index (χ3v) is 10.9. The fourth-order valence-corrected chi connectivity index (χ4v) is 7.72. The molecular formula is C44H68NNaO12S. The van der Waals surface area contributed by atoms with Gasteiger partial charge >= 0.3 is 51.9 Å². The van der Waals surface area contributed by atoms with Gasteiger partial charge in [-0.25, -0.2) is 4.18 Å². The maximum absolute atomic E-state index is 13.9. The van der Waals surface area contributed by atoms with Gasteiger partial charge in [-0.15, -0.1) is 0 Å². The number of ether oxygens (including phenoxy) is 3. The van der Waals surface area contributed by atoms with E-state index in [9.17, 15) is 37.6 Å². The molecule has 59 heavy (non-hydrogen) atoms. The summed E-state index contributed by atoms with van der Waals surface area (Å²) < 4.78 is 54.9. The molecule has 0 spiro atoms. The van der Waals surface area contributed by atoms with E-state index in [0.717, 1.165) is 69.8 Å². The van der Waals surface area contributed by atoms with Gasteiger partial charge in [-0.05, 0) is 49.7 Å². The minimum atomic E-state index is -5.20. The molecule has 328 valence electrons. The number of aryl methyl sites for hydroxylation is 2. The third kappa shape index (κ3) is 22.3. The average Bonchev–Trinajstić information content (AvgIpc) is 3.20. The fraction of sp³-hybridized carbons (Fsp3) is 0.659. The number of nitrogens with one attached hydrogen (secondary N) is 1. The molecule has 1 aliphatic rings. The van der Waals surface area contributed by atoms with Crippen molar-refractivity contribution in [1.29, 1.82) is 0 Å². The number of benzene rings is 2. The number of amides is 1. The average molecular weight is 858 g/mol. The first kappa shape index (κ1) is 52.7. The molecule has 2 unspecified atom stereocenters. The van der Waals surface area contributed by atoms with Crippen molar-refractivity contribution in [3.8, 4) is 0 Å². The van der Waals surface area contributed by atoms with Crippen molar-refractivity contribution >= 4 is 57.8 Å². The van der Waals surface area contributed by atoms with Gasteiger partial charge in [0, 0.05) is 12.8 Å². The van der Waals surface area contributed by atoms with Crippen LogP contribution >= 0.6 is 0 Å². The van der Waals surface area contributed by atoms with E-state index in [1.807, 2.05) is 36.4 Å². The predicted octanol–water partition coefficient (Wildman–Crippen LogP) is 6.46. The molecule has 0 bridgehead atoms. The predicted molar refractivity (Wildman–Crippen MR) is 227 cm³/mol. The summed E-state index contributed by atoms with van der Waals surface area (Å²) in [5.74, 6) is -2.19. The van der Waals surface area contributed by atoms with E-state index in [1.54, 1.807) is 12.1 Å². The van der Waals surface area contributed by atoms with E-state index in [1.165, 1.54) is 37.7 Å². The molecule has 1 heterocycles. The number of hydrogen-bond donors (Lipinski definition) is 4. The number of aliphatic hydroxyl groups excluding tert-OH is 2. The molecule has 2 aromatic carbocycles. The first-order valence-corrected chi connectivity index (χ1v) is 22.7. The first-order valence-electron chi connectivity index (χ1n) is 21.4. The van der Waals surface area contributed by atoms with Gasteiger partial charge in [0.05, 0.1) is 6.61 Å². The van der Waals surface area contributed by atoms with Crippen molar-refractivity contribution in [3.05, 3.63) is 71.8 Å². The summed E-state index contributed by atoms with van der Waals surface area (Å²) in [6.07, 6.45) is 9.35. The Labute approximate surface area is 373 Å². The normalized spacial score (nSPS) is 19.6. The Morgan fingerprint density at radius 3 is 1.80 bits per heavy atom. The molecule has 15 heteroatoms. The SMILES string of the molecule is CCCCCCCCCCCCC(OC(=O)CCCCCCCCc1ccccc1)C(=O)N[C@H]1C(O)O[C@H](CO)[C@@H](OS(=O)(=O)O)[C@@H]1OC(=O)CCc1ccccc1.[NaH]. The van der Waals surface area contributed by atoms with Gasteiger partial charge in [-0.1, -0.05) is 151 Å². The number of hydrogen-bond acceptors (Lipinski definition) is 11. The number of aliphatic hydroxyl groups is 2. The molecule has 2 aromatic rings. The monoisotopic (exact) mass is 857 g/mol. The molecule has 13 nitrogen and oxygen atoms in total. The second-order valence-corrected chi connectivity index (χ2v) is 16.3. The van der Waals surface area contributed by atoms with E-state index in [0.29, 0.717) is 12.8 Å². The van der Waals surface area contributed by atoms with Gasteiger partial charge in [0.25, 0.3) is 5.91 Å². The summed E-state index contributed by atoms with van der Waals surface area (Å²) in [4.78, 5) is 40.1. The maximum atomic E-state index is 13.9. The minimum absolute atomic E-state index is 0. The van der Waals surface area contributed by atoms with Crippen LogP contribution in [0.15, 0.2) is 60.7 Å². The molecule has 4 N–H and O–H groups in total. The quantitative estimate of drug-likeness (QED) is 0.0290. The third-order valence-electron chi connectivity index (χ3n) is 10.4. The summed E-state index contributed by atoms with van der Waals surface area (Å²) >= 11 is 0. The fourth-order valence-electron chi connectivity index (χ4n) is 7.20. The molecule has 3 rings (SSSR count). The van der Waals surface area contributed by atoms with Gasteiger partial charge in [-0.3, -0.25) is 18.9 Å². The van der Waals surface area contributed by atoms with Gasteiger partial charge in [0.2, 0.25) is 0 Å². The number of carbonyl (C=O) groups is 3. The van der Waals surface area contributed by atoms with Crippen molar-refractivity contribution in [1.82, 2.24) is 5.32 Å². The van der Waals surface area contributed by atoms with E-state index < -0.39 is 71.6 Å². The van der Waals surface area contributed by atoms with Gasteiger partial charge in [-0.2, -0.15) is 8.42 Å². The topological polar surface area (TPSA) is 195 Å². The van der Waals surface area contributed by atoms with Crippen LogP contribution in [0.3, 0.4) is 0 Å². The van der Waals surface area contributed by atoms with Crippen LogP contribution in [0.5, 0.6) is 0 Å². The van der Waals surface area contributed by atoms with Crippen molar-refractivity contribution in [2.45, 2.75) is 179 Å². The summed E-state index contributed by atoms with van der Waals surface area (Å²) in [5, 5.41) is 23.5. The van der Waals surface area contributed by atoms with E-state index >= 15 is 0 Å². The van der Waals surface area contributed by atoms with Gasteiger partial charge in [0.1, 0.15) is 18.2 Å². The molecule has 0 aromatic heterocycles. The summed E-state index contributed by atoms with van der Waals surface area (Å²) in [7, 11) is -5.20. The summed E-state index contributed by atoms with van der Waals surface area (Å²) in [6, 6.07) is 17.8. The van der Waals surface area contributed by atoms with E-state index in [-0.39, 0.29) is 55.2 Å². The van der Waals surface area contributed by atoms with Crippen LogP contribution in [-0.4, -0.2) is 114 Å². The number of rotatable bonds is 30. The second-order valence-electron chi connectivity index (χ2n) is 15.3. The van der Waals surface area contributed by atoms with Gasteiger partial charge < -0.3 is 29.7 Å². The van der Waals surface area contributed by atoms with Crippen LogP contribution < -0.4 is 5.32 Å². The summed E-state index contributed by atoms with van der Waals surface area (Å²) in [5.41, 5.74) is 2.15. The van der Waals surface area contributed by atoms with Crippen LogP contribution in [0, 0.1) is 0 Å². The zero-order chi connectivity index (χ0) is 42.0. The van der Waals surface area contributed by atoms with Gasteiger partial charge in [0.15, 0.2) is 18.5 Å². The van der Waals surface area contributed by atoms with Crippen LogP contribution in [0.2, 0.25) is 0 Å². The number of esters is 2. The molecule has 0 radical (unpaired) electrons. The van der Waals surface area contributed by atoms with Crippen LogP contribution in [0.25, 0.3) is 0 Å². The van der Waals surface area contributed by atoms with Crippen LogP contribution in [-0.2, 0) is 56.0 Å². The Bertz CT molecular complexity index is 1550. The molecule has 0 aliphatic carbocycles. The van der Waals surface area contributed by atoms with Crippen LogP contribution in [0.4, 0.5) is 0 Å². The Morgan fingerprint density at radius 2 is 1.24 bits per heavy atom. The number of unbranched alkanes of at least 4 members (excludes halogenated alkanes) is 14. The van der Waals surface area contributed by atoms with E-state index in [4.69, 9.17) is 18.4 Å². The van der Waals surface area contributed by atoms with Crippen molar-refractivity contribution < 1.29 is 56.0 Å². The Morgan fingerprint density at radius 1 is 0.712 bits per heavy atom. The van der Waals surface area contributed by atoms with Crippen molar-refractivity contribution in [3.63, 3.8) is 0 Å².